The fraction of sp³-hybridized carbons (Fsp3) is 0. The van der Waals surface area contributed by atoms with Gasteiger partial charge in [0.25, 0.3) is 9.05 Å². The molecule has 0 aliphatic heterocycles. The number of benzene rings is 1. The van der Waals surface area contributed by atoms with Crippen molar-refractivity contribution in [2.45, 2.75) is 4.90 Å². The molecule has 0 unspecified atom stereocenters. The molecule has 0 amide bonds. The van der Waals surface area contributed by atoms with Crippen LogP contribution in [0.15, 0.2) is 23.1 Å². The molecule has 4 nitrogen and oxygen atoms in total. The summed E-state index contributed by atoms with van der Waals surface area (Å²) < 4.78 is 34.7. The third kappa shape index (κ3) is 2.02. The van der Waals surface area contributed by atoms with E-state index >= 15 is 0 Å². The van der Waals surface area contributed by atoms with Crippen molar-refractivity contribution in [2.24, 2.45) is 0 Å². The van der Waals surface area contributed by atoms with E-state index in [1.807, 2.05) is 0 Å². The Labute approximate surface area is 83.4 Å². The number of hydrogen-bond donors (Lipinski definition) is 1. The first-order valence-electron chi connectivity index (χ1n) is 3.30. The highest BCUT2D eigenvalue weighted by atomic mass is 35.7. The molecule has 0 saturated carbocycles. The van der Waals surface area contributed by atoms with Gasteiger partial charge >= 0.3 is 5.97 Å². The van der Waals surface area contributed by atoms with Crippen LogP contribution in [0, 0.1) is 5.82 Å². The molecule has 76 valence electrons. The maximum Gasteiger partial charge on any atom is 0.337 e. The van der Waals surface area contributed by atoms with Crippen LogP contribution in [0.3, 0.4) is 0 Å². The molecule has 0 bridgehead atoms. The van der Waals surface area contributed by atoms with E-state index in [9.17, 15) is 17.6 Å². The van der Waals surface area contributed by atoms with Crippen LogP contribution in [0.5, 0.6) is 0 Å². The summed E-state index contributed by atoms with van der Waals surface area (Å²) in [7, 11) is 0.489. The van der Waals surface area contributed by atoms with Crippen molar-refractivity contribution in [3.05, 3.63) is 29.6 Å². The molecule has 0 radical (unpaired) electrons. The number of aromatic carboxylic acids is 1. The Balaban J connectivity index is 3.62. The second kappa shape index (κ2) is 3.55. The van der Waals surface area contributed by atoms with Gasteiger partial charge in [0.15, 0.2) is 0 Å². The summed E-state index contributed by atoms with van der Waals surface area (Å²) in [5.74, 6) is -2.73. The van der Waals surface area contributed by atoms with Crippen LogP contribution in [0.2, 0.25) is 0 Å². The van der Waals surface area contributed by atoms with Crippen molar-refractivity contribution in [1.82, 2.24) is 0 Å². The summed E-state index contributed by atoms with van der Waals surface area (Å²) in [5, 5.41) is 8.56. The monoisotopic (exact) mass is 238 g/mol. The first kappa shape index (κ1) is 10.9. The third-order valence-corrected chi connectivity index (χ3v) is 2.81. The first-order valence-corrected chi connectivity index (χ1v) is 5.61. The molecule has 1 aromatic carbocycles. The van der Waals surface area contributed by atoms with Crippen LogP contribution >= 0.6 is 10.7 Å². The van der Waals surface area contributed by atoms with E-state index in [0.29, 0.717) is 0 Å². The van der Waals surface area contributed by atoms with Crippen LogP contribution in [0.1, 0.15) is 10.4 Å². The van der Waals surface area contributed by atoms with Crippen molar-refractivity contribution in [3.63, 3.8) is 0 Å². The fourth-order valence-electron chi connectivity index (χ4n) is 0.925. The quantitative estimate of drug-likeness (QED) is 0.792. The van der Waals surface area contributed by atoms with E-state index in [4.69, 9.17) is 15.8 Å². The number of hydrogen-bond acceptors (Lipinski definition) is 3. The molecule has 14 heavy (non-hydrogen) atoms. The maximum absolute atomic E-state index is 13.0. The van der Waals surface area contributed by atoms with Crippen LogP contribution < -0.4 is 0 Å². The van der Waals surface area contributed by atoms with E-state index < -0.39 is 31.3 Å². The van der Waals surface area contributed by atoms with Crippen molar-refractivity contribution in [3.8, 4) is 0 Å². The Morgan fingerprint density at radius 1 is 1.43 bits per heavy atom. The summed E-state index contributed by atoms with van der Waals surface area (Å²) in [6.07, 6.45) is 0. The van der Waals surface area contributed by atoms with Gasteiger partial charge < -0.3 is 5.11 Å². The second-order valence-corrected chi connectivity index (χ2v) is 4.86. The highest BCUT2D eigenvalue weighted by Gasteiger charge is 2.24. The molecule has 1 N–H and O–H groups in total. The van der Waals surface area contributed by atoms with Gasteiger partial charge in [0.2, 0.25) is 0 Å². The van der Waals surface area contributed by atoms with Gasteiger partial charge in [-0.1, -0.05) is 6.07 Å². The van der Waals surface area contributed by atoms with Crippen LogP contribution in [0.4, 0.5) is 4.39 Å². The molecule has 0 spiro atoms. The molecular formula is C7H4ClFO4S. The molecule has 0 atom stereocenters. The van der Waals surface area contributed by atoms with Crippen molar-refractivity contribution < 1.29 is 22.7 Å². The molecule has 0 fully saturated rings. The minimum atomic E-state index is -4.39. The highest BCUT2D eigenvalue weighted by molar-refractivity contribution is 8.13. The lowest BCUT2D eigenvalue weighted by atomic mass is 10.2. The Morgan fingerprint density at radius 3 is 2.36 bits per heavy atom. The summed E-state index contributed by atoms with van der Waals surface area (Å²) in [5.41, 5.74) is -0.681. The van der Waals surface area contributed by atoms with Crippen LogP contribution in [-0.4, -0.2) is 19.5 Å². The van der Waals surface area contributed by atoms with Crippen molar-refractivity contribution in [2.75, 3.05) is 0 Å². The van der Waals surface area contributed by atoms with Gasteiger partial charge in [0.1, 0.15) is 10.7 Å². The molecule has 0 heterocycles. The predicted molar refractivity (Wildman–Crippen MR) is 46.4 cm³/mol. The standard InChI is InChI=1S/C7H4ClFO4S/c8-14(12,13)6-4(7(10)11)2-1-3-5(6)9/h1-3H,(H,10,11). The van der Waals surface area contributed by atoms with Gasteiger partial charge in [0, 0.05) is 10.7 Å². The minimum absolute atomic E-state index is 0.681. The number of halogens is 2. The predicted octanol–water partition coefficient (Wildman–Crippen LogP) is 1.45. The zero-order chi connectivity index (χ0) is 10.9. The van der Waals surface area contributed by atoms with Crippen LogP contribution in [0.25, 0.3) is 0 Å². The Hall–Kier alpha value is -1.14. The van der Waals surface area contributed by atoms with Gasteiger partial charge in [-0.3, -0.25) is 0 Å². The van der Waals surface area contributed by atoms with Crippen molar-refractivity contribution >= 4 is 25.7 Å². The largest absolute Gasteiger partial charge is 0.478 e. The topological polar surface area (TPSA) is 71.4 Å². The van der Waals surface area contributed by atoms with E-state index in [2.05, 4.69) is 0 Å². The summed E-state index contributed by atoms with van der Waals surface area (Å²) in [6, 6.07) is 2.87. The number of carbonyl (C=O) groups is 1. The average molecular weight is 239 g/mol. The Kier molecular flexibility index (Phi) is 2.77. The molecule has 0 aromatic heterocycles. The number of carboxylic acid groups (broad SMARTS) is 1. The summed E-state index contributed by atoms with van der Waals surface area (Å²) >= 11 is 0. The Morgan fingerprint density at radius 2 is 2.00 bits per heavy atom. The molecule has 0 saturated heterocycles. The van der Waals surface area contributed by atoms with Crippen molar-refractivity contribution in [1.29, 1.82) is 0 Å². The van der Waals surface area contributed by atoms with E-state index in [1.165, 1.54) is 0 Å². The molecule has 7 heteroatoms. The smallest absolute Gasteiger partial charge is 0.337 e. The van der Waals surface area contributed by atoms with Gasteiger partial charge in [-0.05, 0) is 12.1 Å². The minimum Gasteiger partial charge on any atom is -0.478 e. The SMILES string of the molecule is O=C(O)c1cccc(F)c1S(=O)(=O)Cl. The van der Waals surface area contributed by atoms with E-state index in [-0.39, 0.29) is 0 Å². The first-order chi connectivity index (χ1) is 6.34. The second-order valence-electron chi connectivity index (χ2n) is 2.36. The Bertz CT molecular complexity index is 482. The summed E-state index contributed by atoms with van der Waals surface area (Å²) in [6.45, 7) is 0. The van der Waals surface area contributed by atoms with Crippen LogP contribution in [-0.2, 0) is 9.05 Å². The lowest BCUT2D eigenvalue weighted by Gasteiger charge is -2.02. The number of carboxylic acids is 1. The van der Waals surface area contributed by atoms with Gasteiger partial charge in [0.05, 0.1) is 5.56 Å². The molecular weight excluding hydrogens is 235 g/mol. The fourth-order valence-corrected chi connectivity index (χ4v) is 2.11. The van der Waals surface area contributed by atoms with Gasteiger partial charge in [-0.2, -0.15) is 0 Å². The lowest BCUT2D eigenvalue weighted by molar-refractivity contribution is 0.0691. The van der Waals surface area contributed by atoms with Gasteiger partial charge in [-0.15, -0.1) is 0 Å². The van der Waals surface area contributed by atoms with Gasteiger partial charge in [-0.25, -0.2) is 17.6 Å². The highest BCUT2D eigenvalue weighted by Crippen LogP contribution is 2.23. The molecule has 1 aromatic rings. The van der Waals surface area contributed by atoms with E-state index in [1.54, 1.807) is 0 Å². The zero-order valence-corrected chi connectivity index (χ0v) is 8.14. The maximum atomic E-state index is 13.0. The summed E-state index contributed by atoms with van der Waals surface area (Å²) in [4.78, 5) is 9.53. The molecule has 0 aliphatic carbocycles. The molecule has 1 rings (SSSR count). The van der Waals surface area contributed by atoms with E-state index in [0.717, 1.165) is 18.2 Å². The average Bonchev–Trinajstić information content (AvgIpc) is 2.01. The molecule has 0 aliphatic rings. The lowest BCUT2D eigenvalue weighted by Crippen LogP contribution is -2.07. The third-order valence-electron chi connectivity index (χ3n) is 1.44. The number of rotatable bonds is 2. The normalized spacial score (nSPS) is 11.3. The zero-order valence-electron chi connectivity index (χ0n) is 6.57.